The van der Waals surface area contributed by atoms with E-state index < -0.39 is 0 Å². The Hall–Kier alpha value is -2.29. The zero-order chi connectivity index (χ0) is 15.0. The largest absolute Gasteiger partial charge is 0.399 e. The molecule has 0 atom stereocenters. The van der Waals surface area contributed by atoms with Crippen LogP contribution >= 0.6 is 0 Å². The lowest BCUT2D eigenvalue weighted by atomic mass is 9.97. The number of hydrogen-bond donors (Lipinski definition) is 1. The molecule has 0 radical (unpaired) electrons. The van der Waals surface area contributed by atoms with E-state index >= 15 is 0 Å². The van der Waals surface area contributed by atoms with Gasteiger partial charge in [0.1, 0.15) is 0 Å². The predicted molar refractivity (Wildman–Crippen MR) is 85.2 cm³/mol. The fourth-order valence-electron chi connectivity index (χ4n) is 2.87. The number of fused-ring (bicyclic) bond motifs is 1. The average molecular weight is 280 g/mol. The number of benzene rings is 2. The van der Waals surface area contributed by atoms with Crippen LogP contribution in [0, 0.1) is 13.8 Å². The van der Waals surface area contributed by atoms with Gasteiger partial charge in [-0.1, -0.05) is 29.8 Å². The first-order valence-corrected chi connectivity index (χ1v) is 7.28. The second kappa shape index (κ2) is 5.24. The molecule has 0 aliphatic carbocycles. The lowest BCUT2D eigenvalue weighted by Gasteiger charge is -2.29. The molecule has 0 aromatic heterocycles. The molecule has 3 heteroatoms. The quantitative estimate of drug-likeness (QED) is 0.859. The molecule has 1 aliphatic heterocycles. The van der Waals surface area contributed by atoms with Crippen LogP contribution in [0.1, 0.15) is 32.6 Å². The fraction of sp³-hybridized carbons (Fsp3) is 0.278. The molecular formula is C18H20N2O. The Balaban J connectivity index is 1.88. The molecule has 0 saturated heterocycles. The number of aryl methyl sites for hydroxylation is 2. The van der Waals surface area contributed by atoms with Crippen LogP contribution in [0.25, 0.3) is 0 Å². The fourth-order valence-corrected chi connectivity index (χ4v) is 2.87. The van der Waals surface area contributed by atoms with Gasteiger partial charge < -0.3 is 10.6 Å². The molecule has 108 valence electrons. The van der Waals surface area contributed by atoms with Crippen molar-refractivity contribution < 1.29 is 4.79 Å². The van der Waals surface area contributed by atoms with E-state index in [4.69, 9.17) is 5.73 Å². The number of nitrogens with two attached hydrogens (primary N) is 1. The van der Waals surface area contributed by atoms with E-state index in [0.29, 0.717) is 12.2 Å². The molecule has 0 bridgehead atoms. The lowest BCUT2D eigenvalue weighted by Crippen LogP contribution is -2.37. The van der Waals surface area contributed by atoms with Gasteiger partial charge in [0.2, 0.25) is 0 Å². The van der Waals surface area contributed by atoms with E-state index in [0.717, 1.165) is 24.1 Å². The Morgan fingerprint density at radius 2 is 1.95 bits per heavy atom. The molecule has 2 aromatic carbocycles. The van der Waals surface area contributed by atoms with Crippen molar-refractivity contribution in [3.8, 4) is 0 Å². The number of anilines is 1. The van der Waals surface area contributed by atoms with E-state index in [-0.39, 0.29) is 5.91 Å². The van der Waals surface area contributed by atoms with Gasteiger partial charge in [0.15, 0.2) is 0 Å². The van der Waals surface area contributed by atoms with Crippen molar-refractivity contribution in [3.05, 3.63) is 64.2 Å². The molecule has 21 heavy (non-hydrogen) atoms. The molecule has 3 nitrogen and oxygen atoms in total. The minimum absolute atomic E-state index is 0.0875. The number of carbonyl (C=O) groups is 1. The van der Waals surface area contributed by atoms with Crippen LogP contribution in [-0.2, 0) is 13.0 Å². The van der Waals surface area contributed by atoms with Crippen LogP contribution in [0.3, 0.4) is 0 Å². The zero-order valence-electron chi connectivity index (χ0n) is 12.5. The summed E-state index contributed by atoms with van der Waals surface area (Å²) in [7, 11) is 0. The predicted octanol–water partition coefficient (Wildman–Crippen LogP) is 3.08. The summed E-state index contributed by atoms with van der Waals surface area (Å²) < 4.78 is 0. The molecule has 0 saturated carbocycles. The SMILES string of the molecule is Cc1ccc(C)c(CN2CCc3ccc(N)cc3C2=O)c1. The van der Waals surface area contributed by atoms with Crippen molar-refractivity contribution in [2.75, 3.05) is 12.3 Å². The first kappa shape index (κ1) is 13.7. The summed E-state index contributed by atoms with van der Waals surface area (Å²) in [6.07, 6.45) is 0.895. The summed E-state index contributed by atoms with van der Waals surface area (Å²) in [5.41, 5.74) is 12.0. The Bertz CT molecular complexity index is 706. The molecule has 1 aliphatic rings. The molecule has 3 rings (SSSR count). The minimum Gasteiger partial charge on any atom is -0.399 e. The van der Waals surface area contributed by atoms with Crippen LogP contribution in [0.4, 0.5) is 5.69 Å². The van der Waals surface area contributed by atoms with Crippen LogP contribution in [-0.4, -0.2) is 17.4 Å². The third-order valence-electron chi connectivity index (χ3n) is 4.17. The van der Waals surface area contributed by atoms with E-state index in [1.54, 1.807) is 6.07 Å². The van der Waals surface area contributed by atoms with Crippen molar-refractivity contribution in [1.29, 1.82) is 0 Å². The Labute approximate surface area is 125 Å². The minimum atomic E-state index is 0.0875. The lowest BCUT2D eigenvalue weighted by molar-refractivity contribution is 0.0727. The van der Waals surface area contributed by atoms with Gasteiger partial charge in [-0.15, -0.1) is 0 Å². The van der Waals surface area contributed by atoms with Crippen molar-refractivity contribution >= 4 is 11.6 Å². The van der Waals surface area contributed by atoms with Crippen LogP contribution in [0.2, 0.25) is 0 Å². The van der Waals surface area contributed by atoms with Crippen molar-refractivity contribution in [1.82, 2.24) is 4.90 Å². The molecule has 0 unspecified atom stereocenters. The first-order valence-electron chi connectivity index (χ1n) is 7.28. The van der Waals surface area contributed by atoms with Gasteiger partial charge in [-0.05, 0) is 49.1 Å². The number of hydrogen-bond acceptors (Lipinski definition) is 2. The Morgan fingerprint density at radius 3 is 2.76 bits per heavy atom. The van der Waals surface area contributed by atoms with Crippen molar-refractivity contribution in [3.63, 3.8) is 0 Å². The van der Waals surface area contributed by atoms with E-state index in [9.17, 15) is 4.79 Å². The van der Waals surface area contributed by atoms with Crippen molar-refractivity contribution in [2.24, 2.45) is 0 Å². The van der Waals surface area contributed by atoms with E-state index in [1.165, 1.54) is 16.7 Å². The molecule has 2 aromatic rings. The summed E-state index contributed by atoms with van der Waals surface area (Å²) in [6.45, 7) is 5.61. The number of nitrogens with zero attached hydrogens (tertiary/aromatic N) is 1. The van der Waals surface area contributed by atoms with Crippen molar-refractivity contribution in [2.45, 2.75) is 26.8 Å². The summed E-state index contributed by atoms with van der Waals surface area (Å²) >= 11 is 0. The number of nitrogen functional groups attached to an aromatic ring is 1. The number of carbonyl (C=O) groups excluding carboxylic acids is 1. The highest BCUT2D eigenvalue weighted by Gasteiger charge is 2.24. The van der Waals surface area contributed by atoms with E-state index in [2.05, 4.69) is 32.0 Å². The smallest absolute Gasteiger partial charge is 0.254 e. The maximum absolute atomic E-state index is 12.6. The molecule has 0 fully saturated rings. The third kappa shape index (κ3) is 2.64. The second-order valence-corrected chi connectivity index (χ2v) is 5.82. The molecule has 1 heterocycles. The van der Waals surface area contributed by atoms with Gasteiger partial charge in [0.25, 0.3) is 5.91 Å². The van der Waals surface area contributed by atoms with E-state index in [1.807, 2.05) is 17.0 Å². The first-order chi connectivity index (χ1) is 10.0. The third-order valence-corrected chi connectivity index (χ3v) is 4.17. The topological polar surface area (TPSA) is 46.3 Å². The average Bonchev–Trinajstić information content (AvgIpc) is 2.46. The highest BCUT2D eigenvalue weighted by atomic mass is 16.2. The summed E-state index contributed by atoms with van der Waals surface area (Å²) in [5, 5.41) is 0. The normalized spacial score (nSPS) is 14.2. The Kier molecular flexibility index (Phi) is 3.42. The molecule has 2 N–H and O–H groups in total. The maximum atomic E-state index is 12.6. The van der Waals surface area contributed by atoms with Gasteiger partial charge in [-0.3, -0.25) is 4.79 Å². The molecule has 1 amide bonds. The summed E-state index contributed by atoms with van der Waals surface area (Å²) in [6, 6.07) is 12.0. The van der Waals surface area contributed by atoms with Gasteiger partial charge >= 0.3 is 0 Å². The van der Waals surface area contributed by atoms with Crippen LogP contribution in [0.5, 0.6) is 0 Å². The number of rotatable bonds is 2. The number of amides is 1. The van der Waals surface area contributed by atoms with Gasteiger partial charge in [0.05, 0.1) is 0 Å². The maximum Gasteiger partial charge on any atom is 0.254 e. The molecular weight excluding hydrogens is 260 g/mol. The summed E-state index contributed by atoms with van der Waals surface area (Å²) in [5.74, 6) is 0.0875. The highest BCUT2D eigenvalue weighted by molar-refractivity contribution is 5.97. The van der Waals surface area contributed by atoms with Gasteiger partial charge in [-0.2, -0.15) is 0 Å². The zero-order valence-corrected chi connectivity index (χ0v) is 12.5. The Morgan fingerprint density at radius 1 is 1.14 bits per heavy atom. The van der Waals surface area contributed by atoms with Crippen LogP contribution in [0.15, 0.2) is 36.4 Å². The van der Waals surface area contributed by atoms with Gasteiger partial charge in [0, 0.05) is 24.3 Å². The standard InChI is InChI=1S/C18H20N2O/c1-12-3-4-13(2)15(9-12)11-20-8-7-14-5-6-16(19)10-17(14)18(20)21/h3-6,9-10H,7-8,11,19H2,1-2H3. The molecule has 0 spiro atoms. The monoisotopic (exact) mass is 280 g/mol. The second-order valence-electron chi connectivity index (χ2n) is 5.82. The van der Waals surface area contributed by atoms with Crippen LogP contribution < -0.4 is 5.73 Å². The van der Waals surface area contributed by atoms with Gasteiger partial charge in [-0.25, -0.2) is 0 Å². The summed E-state index contributed by atoms with van der Waals surface area (Å²) in [4.78, 5) is 14.6. The highest BCUT2D eigenvalue weighted by Crippen LogP contribution is 2.23.